The molecule has 1 aromatic carbocycles. The fourth-order valence-electron chi connectivity index (χ4n) is 2.12. The minimum atomic E-state index is -0.185. The van der Waals surface area contributed by atoms with Crippen LogP contribution in [0.1, 0.15) is 15.9 Å². The van der Waals surface area contributed by atoms with Gasteiger partial charge in [-0.2, -0.15) is 10.4 Å². The Morgan fingerprint density at radius 1 is 1.29 bits per heavy atom. The summed E-state index contributed by atoms with van der Waals surface area (Å²) in [6.45, 7) is 0. The van der Waals surface area contributed by atoms with E-state index in [1.165, 1.54) is 6.33 Å². The molecule has 6 heteroatoms. The maximum Gasteiger partial charge on any atom is 0.251 e. The van der Waals surface area contributed by atoms with Crippen molar-refractivity contribution in [1.29, 1.82) is 5.26 Å². The van der Waals surface area contributed by atoms with Gasteiger partial charge >= 0.3 is 0 Å². The summed E-state index contributed by atoms with van der Waals surface area (Å²) in [6, 6.07) is 12.6. The monoisotopic (exact) mass is 277 g/mol. The van der Waals surface area contributed by atoms with E-state index in [0.29, 0.717) is 16.8 Å². The molecule has 6 nitrogen and oxygen atoms in total. The Labute approximate surface area is 120 Å². The average molecular weight is 277 g/mol. The van der Waals surface area contributed by atoms with Gasteiger partial charge in [-0.1, -0.05) is 12.1 Å². The molecule has 0 aliphatic carbocycles. The summed E-state index contributed by atoms with van der Waals surface area (Å²) in [5, 5.41) is 15.6. The van der Waals surface area contributed by atoms with Gasteiger partial charge in [-0.15, -0.1) is 0 Å². The van der Waals surface area contributed by atoms with Crippen molar-refractivity contribution in [3.05, 3.63) is 53.9 Å². The van der Waals surface area contributed by atoms with E-state index >= 15 is 0 Å². The molecular weight excluding hydrogens is 266 g/mol. The number of hydrogen-bond acceptors (Lipinski definition) is 4. The summed E-state index contributed by atoms with van der Waals surface area (Å²) >= 11 is 0. The number of rotatable bonds is 2. The number of nitriles is 1. The van der Waals surface area contributed by atoms with Gasteiger partial charge < -0.3 is 5.32 Å². The standard InChI is InChI=1S/C15H11N5O/c1-17-15(21)12-6-13(20-14(7-12)18-9-19-20)11-4-2-10(8-16)3-5-11/h2-7,9H,1H3,(H,17,21). The van der Waals surface area contributed by atoms with Crippen LogP contribution in [0.2, 0.25) is 0 Å². The lowest BCUT2D eigenvalue weighted by Gasteiger charge is -2.07. The van der Waals surface area contributed by atoms with Crippen molar-refractivity contribution < 1.29 is 4.79 Å². The zero-order valence-electron chi connectivity index (χ0n) is 11.2. The molecule has 0 saturated heterocycles. The Balaban J connectivity index is 2.22. The summed E-state index contributed by atoms with van der Waals surface area (Å²) in [5.74, 6) is -0.185. The quantitative estimate of drug-likeness (QED) is 0.771. The molecule has 1 N–H and O–H groups in total. The van der Waals surface area contributed by atoms with Crippen molar-refractivity contribution in [3.63, 3.8) is 0 Å². The van der Waals surface area contributed by atoms with Crippen LogP contribution in [0.3, 0.4) is 0 Å². The zero-order valence-corrected chi connectivity index (χ0v) is 11.2. The number of benzene rings is 1. The number of fused-ring (bicyclic) bond motifs is 1. The molecule has 0 atom stereocenters. The van der Waals surface area contributed by atoms with E-state index in [1.807, 2.05) is 12.1 Å². The third-order valence-corrected chi connectivity index (χ3v) is 3.18. The minimum Gasteiger partial charge on any atom is -0.355 e. The van der Waals surface area contributed by atoms with Gasteiger partial charge in [-0.05, 0) is 24.3 Å². The molecule has 1 amide bonds. The topological polar surface area (TPSA) is 83.1 Å². The number of nitrogens with one attached hydrogen (secondary N) is 1. The van der Waals surface area contributed by atoms with Crippen LogP contribution in [0.5, 0.6) is 0 Å². The molecule has 0 saturated carbocycles. The molecule has 102 valence electrons. The first-order chi connectivity index (χ1) is 10.2. The molecule has 3 aromatic rings. The van der Waals surface area contributed by atoms with Crippen LogP contribution in [-0.4, -0.2) is 27.6 Å². The van der Waals surface area contributed by atoms with E-state index < -0.39 is 0 Å². The molecule has 0 bridgehead atoms. The Kier molecular flexibility index (Phi) is 3.09. The van der Waals surface area contributed by atoms with Crippen LogP contribution >= 0.6 is 0 Å². The summed E-state index contributed by atoms with van der Waals surface area (Å²) in [7, 11) is 1.58. The lowest BCUT2D eigenvalue weighted by Crippen LogP contribution is -2.18. The molecule has 3 rings (SSSR count). The summed E-state index contributed by atoms with van der Waals surface area (Å²) in [4.78, 5) is 16.0. The Morgan fingerprint density at radius 2 is 2.05 bits per heavy atom. The first-order valence-corrected chi connectivity index (χ1v) is 6.29. The molecule has 0 aliphatic rings. The van der Waals surface area contributed by atoms with Crippen molar-refractivity contribution in [3.8, 4) is 17.3 Å². The van der Waals surface area contributed by atoms with Crippen molar-refractivity contribution in [2.75, 3.05) is 7.05 Å². The van der Waals surface area contributed by atoms with Crippen molar-refractivity contribution >= 4 is 11.6 Å². The number of pyridine rings is 1. The van der Waals surface area contributed by atoms with E-state index in [4.69, 9.17) is 5.26 Å². The molecule has 2 heterocycles. The summed E-state index contributed by atoms with van der Waals surface area (Å²) < 4.78 is 1.66. The second-order valence-electron chi connectivity index (χ2n) is 4.43. The predicted octanol–water partition coefficient (Wildman–Crippen LogP) is 1.63. The van der Waals surface area contributed by atoms with Crippen LogP contribution in [0, 0.1) is 11.3 Å². The highest BCUT2D eigenvalue weighted by Crippen LogP contribution is 2.22. The number of carbonyl (C=O) groups excluding carboxylic acids is 1. The van der Waals surface area contributed by atoms with Crippen LogP contribution < -0.4 is 5.32 Å². The van der Waals surface area contributed by atoms with Gasteiger partial charge in [0.1, 0.15) is 6.33 Å². The molecule has 0 aliphatic heterocycles. The molecule has 0 fully saturated rings. The average Bonchev–Trinajstić information content (AvgIpc) is 3.01. The van der Waals surface area contributed by atoms with Crippen molar-refractivity contribution in [2.45, 2.75) is 0 Å². The van der Waals surface area contributed by atoms with Gasteiger partial charge in [0.2, 0.25) is 0 Å². The maximum absolute atomic E-state index is 11.9. The SMILES string of the molecule is CNC(=O)c1cc(-c2ccc(C#N)cc2)n2ncnc2c1. The number of hydrogen-bond donors (Lipinski definition) is 1. The van der Waals surface area contributed by atoms with Gasteiger partial charge in [0.15, 0.2) is 5.65 Å². The minimum absolute atomic E-state index is 0.185. The van der Waals surface area contributed by atoms with E-state index in [-0.39, 0.29) is 5.91 Å². The molecule has 0 spiro atoms. The lowest BCUT2D eigenvalue weighted by molar-refractivity contribution is 0.0963. The van der Waals surface area contributed by atoms with Crippen LogP contribution in [0.15, 0.2) is 42.7 Å². The normalized spacial score (nSPS) is 10.3. The lowest BCUT2D eigenvalue weighted by atomic mass is 10.1. The molecular formula is C15H11N5O. The van der Waals surface area contributed by atoms with E-state index in [2.05, 4.69) is 21.5 Å². The van der Waals surface area contributed by atoms with Gasteiger partial charge in [0, 0.05) is 18.2 Å². The molecule has 21 heavy (non-hydrogen) atoms. The summed E-state index contributed by atoms with van der Waals surface area (Å²) in [5.41, 5.74) is 3.28. The number of carbonyl (C=O) groups is 1. The highest BCUT2D eigenvalue weighted by molar-refractivity contribution is 5.96. The third kappa shape index (κ3) is 2.21. The van der Waals surface area contributed by atoms with E-state index in [9.17, 15) is 4.79 Å². The van der Waals surface area contributed by atoms with Gasteiger partial charge in [0.05, 0.1) is 17.3 Å². The third-order valence-electron chi connectivity index (χ3n) is 3.18. The number of amides is 1. The highest BCUT2D eigenvalue weighted by Gasteiger charge is 2.12. The van der Waals surface area contributed by atoms with E-state index in [0.717, 1.165) is 11.3 Å². The van der Waals surface area contributed by atoms with Crippen molar-refractivity contribution in [2.24, 2.45) is 0 Å². The highest BCUT2D eigenvalue weighted by atomic mass is 16.1. The Hall–Kier alpha value is -3.20. The first-order valence-electron chi connectivity index (χ1n) is 6.29. The fraction of sp³-hybridized carbons (Fsp3) is 0.0667. The predicted molar refractivity (Wildman–Crippen MR) is 76.5 cm³/mol. The van der Waals surface area contributed by atoms with Gasteiger partial charge in [-0.25, -0.2) is 9.50 Å². The maximum atomic E-state index is 11.9. The summed E-state index contributed by atoms with van der Waals surface area (Å²) in [6.07, 6.45) is 1.44. The number of aromatic nitrogens is 3. The van der Waals surface area contributed by atoms with E-state index in [1.54, 1.807) is 35.8 Å². The first kappa shape index (κ1) is 12.8. The van der Waals surface area contributed by atoms with Gasteiger partial charge in [0.25, 0.3) is 5.91 Å². The largest absolute Gasteiger partial charge is 0.355 e. The smallest absolute Gasteiger partial charge is 0.251 e. The molecule has 0 radical (unpaired) electrons. The second kappa shape index (κ2) is 5.06. The number of nitrogens with zero attached hydrogens (tertiary/aromatic N) is 4. The molecule has 0 unspecified atom stereocenters. The second-order valence-corrected chi connectivity index (χ2v) is 4.43. The Morgan fingerprint density at radius 3 is 2.71 bits per heavy atom. The molecule has 2 aromatic heterocycles. The zero-order chi connectivity index (χ0) is 14.8. The van der Waals surface area contributed by atoms with Crippen LogP contribution in [0.25, 0.3) is 16.9 Å². The fourth-order valence-corrected chi connectivity index (χ4v) is 2.12. The van der Waals surface area contributed by atoms with Crippen LogP contribution in [-0.2, 0) is 0 Å². The Bertz CT molecular complexity index is 858. The van der Waals surface area contributed by atoms with Crippen LogP contribution in [0.4, 0.5) is 0 Å². The van der Waals surface area contributed by atoms with Gasteiger partial charge in [-0.3, -0.25) is 4.79 Å². The van der Waals surface area contributed by atoms with Crippen molar-refractivity contribution in [1.82, 2.24) is 19.9 Å².